The molecular formula is C27H25Cl2N3O2. The van der Waals surface area contributed by atoms with E-state index < -0.39 is 0 Å². The SMILES string of the molecule is O=C(c1ccccc1)N1CCN(C2CN(C(=O)c3ccc(-c4cc(Cl)cc(Cl)c4)cc3)C2)CC1. The zero-order valence-electron chi connectivity index (χ0n) is 18.7. The van der Waals surface area contributed by atoms with Crippen LogP contribution in [0.15, 0.2) is 72.8 Å². The van der Waals surface area contributed by atoms with E-state index in [0.29, 0.717) is 34.7 Å². The normalized spacial score (nSPS) is 16.9. The van der Waals surface area contributed by atoms with Gasteiger partial charge >= 0.3 is 0 Å². The van der Waals surface area contributed by atoms with Crippen LogP contribution in [-0.2, 0) is 0 Å². The highest BCUT2D eigenvalue weighted by molar-refractivity contribution is 6.35. The van der Waals surface area contributed by atoms with Crippen LogP contribution in [0.1, 0.15) is 20.7 Å². The van der Waals surface area contributed by atoms with Crippen LogP contribution in [0.4, 0.5) is 0 Å². The van der Waals surface area contributed by atoms with Crippen molar-refractivity contribution >= 4 is 35.0 Å². The van der Waals surface area contributed by atoms with Crippen LogP contribution in [0.2, 0.25) is 10.0 Å². The number of likely N-dealkylation sites (tertiary alicyclic amines) is 1. The summed E-state index contributed by atoms with van der Waals surface area (Å²) in [5, 5.41) is 1.17. The summed E-state index contributed by atoms with van der Waals surface area (Å²) in [5.41, 5.74) is 3.30. The molecule has 2 amide bonds. The maximum Gasteiger partial charge on any atom is 0.253 e. The van der Waals surface area contributed by atoms with Gasteiger partial charge in [0.05, 0.1) is 0 Å². The highest BCUT2D eigenvalue weighted by Gasteiger charge is 2.37. The minimum atomic E-state index is 0.0461. The monoisotopic (exact) mass is 493 g/mol. The standard InChI is InChI=1S/C27H25Cl2N3O2/c28-23-14-22(15-24(29)16-23)19-6-8-21(9-7-19)27(34)32-17-25(18-32)30-10-12-31(13-11-30)26(33)20-4-2-1-3-5-20/h1-9,14-16,25H,10-13,17-18H2. The van der Waals surface area contributed by atoms with E-state index in [1.165, 1.54) is 0 Å². The van der Waals surface area contributed by atoms with E-state index in [2.05, 4.69) is 4.90 Å². The fourth-order valence-corrected chi connectivity index (χ4v) is 5.14. The third kappa shape index (κ3) is 4.83. The van der Waals surface area contributed by atoms with Crippen molar-refractivity contribution in [2.75, 3.05) is 39.3 Å². The van der Waals surface area contributed by atoms with Crippen molar-refractivity contribution < 1.29 is 9.59 Å². The zero-order chi connectivity index (χ0) is 23.7. The lowest BCUT2D eigenvalue weighted by molar-refractivity contribution is 0.00854. The van der Waals surface area contributed by atoms with E-state index >= 15 is 0 Å². The number of carbonyl (C=O) groups excluding carboxylic acids is 2. The first-order valence-corrected chi connectivity index (χ1v) is 12.2. The average Bonchev–Trinajstić information content (AvgIpc) is 2.83. The average molecular weight is 494 g/mol. The van der Waals surface area contributed by atoms with Gasteiger partial charge in [0.25, 0.3) is 11.8 Å². The zero-order valence-corrected chi connectivity index (χ0v) is 20.2. The molecule has 0 aliphatic carbocycles. The number of benzene rings is 3. The van der Waals surface area contributed by atoms with E-state index in [4.69, 9.17) is 23.2 Å². The predicted molar refractivity (Wildman–Crippen MR) is 136 cm³/mol. The van der Waals surface area contributed by atoms with Gasteiger partial charge in [0.2, 0.25) is 0 Å². The summed E-state index contributed by atoms with van der Waals surface area (Å²) >= 11 is 12.2. The Morgan fingerprint density at radius 1 is 0.647 bits per heavy atom. The molecule has 0 unspecified atom stereocenters. The number of halogens is 2. The van der Waals surface area contributed by atoms with E-state index in [0.717, 1.165) is 42.9 Å². The van der Waals surface area contributed by atoms with E-state index in [1.54, 1.807) is 6.07 Å². The molecule has 2 heterocycles. The van der Waals surface area contributed by atoms with Crippen molar-refractivity contribution in [1.82, 2.24) is 14.7 Å². The minimum Gasteiger partial charge on any atom is -0.336 e. The summed E-state index contributed by atoms with van der Waals surface area (Å²) in [6, 6.07) is 22.8. The lowest BCUT2D eigenvalue weighted by atomic mass is 10.0. The third-order valence-corrected chi connectivity index (χ3v) is 7.05. The molecule has 7 heteroatoms. The van der Waals surface area contributed by atoms with E-state index in [1.807, 2.05) is 76.5 Å². The van der Waals surface area contributed by atoms with Crippen molar-refractivity contribution in [1.29, 1.82) is 0 Å². The number of rotatable bonds is 4. The summed E-state index contributed by atoms with van der Waals surface area (Å²) in [6.45, 7) is 4.54. The van der Waals surface area contributed by atoms with Gasteiger partial charge in [-0.1, -0.05) is 53.5 Å². The molecule has 2 aliphatic rings. The summed E-state index contributed by atoms with van der Waals surface area (Å²) in [7, 11) is 0. The summed E-state index contributed by atoms with van der Waals surface area (Å²) in [5.74, 6) is 0.138. The molecule has 34 heavy (non-hydrogen) atoms. The van der Waals surface area contributed by atoms with Gasteiger partial charge in [-0.25, -0.2) is 0 Å². The lowest BCUT2D eigenvalue weighted by Gasteiger charge is -2.48. The van der Waals surface area contributed by atoms with Crippen LogP contribution < -0.4 is 0 Å². The second-order valence-electron chi connectivity index (χ2n) is 8.79. The van der Waals surface area contributed by atoms with Crippen molar-refractivity contribution in [3.8, 4) is 11.1 Å². The van der Waals surface area contributed by atoms with Crippen LogP contribution in [0.5, 0.6) is 0 Å². The number of piperazine rings is 1. The molecule has 5 rings (SSSR count). The molecule has 2 saturated heterocycles. The van der Waals surface area contributed by atoms with Gasteiger partial charge in [-0.05, 0) is 53.6 Å². The molecule has 3 aromatic carbocycles. The first-order chi connectivity index (χ1) is 16.5. The Labute approximate surface area is 209 Å². The molecule has 0 atom stereocenters. The lowest BCUT2D eigenvalue weighted by Crippen LogP contribution is -2.64. The number of hydrogen-bond acceptors (Lipinski definition) is 3. The van der Waals surface area contributed by atoms with E-state index in [-0.39, 0.29) is 11.8 Å². The molecule has 0 N–H and O–H groups in total. The number of hydrogen-bond donors (Lipinski definition) is 0. The van der Waals surface area contributed by atoms with Gasteiger partial charge in [0.1, 0.15) is 0 Å². The van der Waals surface area contributed by atoms with Crippen molar-refractivity contribution in [3.63, 3.8) is 0 Å². The van der Waals surface area contributed by atoms with Crippen LogP contribution in [0, 0.1) is 0 Å². The van der Waals surface area contributed by atoms with Gasteiger partial charge in [-0.3, -0.25) is 14.5 Å². The molecule has 0 bridgehead atoms. The first-order valence-electron chi connectivity index (χ1n) is 11.4. The van der Waals surface area contributed by atoms with Crippen molar-refractivity contribution in [3.05, 3.63) is 94.0 Å². The molecular weight excluding hydrogens is 469 g/mol. The predicted octanol–water partition coefficient (Wildman–Crippen LogP) is 4.94. The summed E-state index contributed by atoms with van der Waals surface area (Å²) in [4.78, 5) is 31.8. The Morgan fingerprint density at radius 2 is 1.21 bits per heavy atom. The number of carbonyl (C=O) groups is 2. The fourth-order valence-electron chi connectivity index (χ4n) is 4.61. The molecule has 174 valence electrons. The van der Waals surface area contributed by atoms with Crippen LogP contribution >= 0.6 is 23.2 Å². The molecule has 5 nitrogen and oxygen atoms in total. The molecule has 0 spiro atoms. The maximum atomic E-state index is 12.9. The number of nitrogens with zero attached hydrogens (tertiary/aromatic N) is 3. The maximum absolute atomic E-state index is 12.9. The van der Waals surface area contributed by atoms with Gasteiger partial charge in [0.15, 0.2) is 0 Å². The Hall–Kier alpha value is -2.86. The van der Waals surface area contributed by atoms with Gasteiger partial charge < -0.3 is 9.80 Å². The third-order valence-electron chi connectivity index (χ3n) is 6.62. The van der Waals surface area contributed by atoms with Crippen molar-refractivity contribution in [2.45, 2.75) is 6.04 Å². The first kappa shape index (κ1) is 22.9. The van der Waals surface area contributed by atoms with Crippen LogP contribution in [0.25, 0.3) is 11.1 Å². The Balaban J connectivity index is 1.13. The minimum absolute atomic E-state index is 0.0461. The molecule has 0 radical (unpaired) electrons. The van der Waals surface area contributed by atoms with E-state index in [9.17, 15) is 9.59 Å². The Bertz CT molecular complexity index is 1170. The second-order valence-corrected chi connectivity index (χ2v) is 9.67. The Kier molecular flexibility index (Phi) is 6.59. The molecule has 2 aliphatic heterocycles. The molecule has 0 saturated carbocycles. The summed E-state index contributed by atoms with van der Waals surface area (Å²) in [6.07, 6.45) is 0. The van der Waals surface area contributed by atoms with Crippen molar-refractivity contribution in [2.24, 2.45) is 0 Å². The van der Waals surface area contributed by atoms with Gasteiger partial charge in [-0.15, -0.1) is 0 Å². The summed E-state index contributed by atoms with van der Waals surface area (Å²) < 4.78 is 0. The van der Waals surface area contributed by atoms with Crippen LogP contribution in [0.3, 0.4) is 0 Å². The topological polar surface area (TPSA) is 43.9 Å². The highest BCUT2D eigenvalue weighted by atomic mass is 35.5. The fraction of sp³-hybridized carbons (Fsp3) is 0.259. The van der Waals surface area contributed by atoms with Gasteiger partial charge in [-0.2, -0.15) is 0 Å². The smallest absolute Gasteiger partial charge is 0.253 e. The highest BCUT2D eigenvalue weighted by Crippen LogP contribution is 2.28. The Morgan fingerprint density at radius 3 is 1.82 bits per heavy atom. The number of amides is 2. The quantitative estimate of drug-likeness (QED) is 0.516. The molecule has 0 aromatic heterocycles. The van der Waals surface area contributed by atoms with Crippen LogP contribution in [-0.4, -0.2) is 71.8 Å². The second kappa shape index (κ2) is 9.79. The van der Waals surface area contributed by atoms with Gasteiger partial charge in [0, 0.05) is 66.5 Å². The molecule has 2 fully saturated rings. The largest absolute Gasteiger partial charge is 0.336 e. The molecule has 3 aromatic rings.